The van der Waals surface area contributed by atoms with E-state index in [-0.39, 0.29) is 23.0 Å². The summed E-state index contributed by atoms with van der Waals surface area (Å²) >= 11 is 0. The van der Waals surface area contributed by atoms with E-state index in [4.69, 9.17) is 22.0 Å². The molecule has 3 N–H and O–H groups in total. The number of ether oxygens (including phenoxy) is 1. The Bertz CT molecular complexity index is 1190. The first-order chi connectivity index (χ1) is 17.4. The van der Waals surface area contributed by atoms with Crippen molar-refractivity contribution in [3.8, 4) is 24.2 Å². The zero-order chi connectivity index (χ0) is 25.3. The van der Waals surface area contributed by atoms with E-state index in [2.05, 4.69) is 29.1 Å². The molecule has 0 bridgehead atoms. The highest BCUT2D eigenvalue weighted by atomic mass is 16.5. The summed E-state index contributed by atoms with van der Waals surface area (Å²) in [4.78, 5) is 14.8. The molecule has 8 heteroatoms. The number of likely N-dealkylation sites (tertiary alicyclic amines) is 1. The summed E-state index contributed by atoms with van der Waals surface area (Å²) in [6.45, 7) is 4.19. The maximum absolute atomic E-state index is 12.3. The largest absolute Gasteiger partial charge is 0.485 e. The third-order valence-electron chi connectivity index (χ3n) is 7.96. The second-order valence-electron chi connectivity index (χ2n) is 10.8. The normalized spacial score (nSPS) is 25.3. The van der Waals surface area contributed by atoms with Crippen LogP contribution in [-0.4, -0.2) is 45.3 Å². The second-order valence-corrected chi connectivity index (χ2v) is 10.8. The molecule has 1 aromatic heterocycles. The lowest BCUT2D eigenvalue weighted by atomic mass is 9.76. The van der Waals surface area contributed by atoms with Crippen molar-refractivity contribution < 1.29 is 9.53 Å². The number of carbonyl (C=O) groups is 1. The van der Waals surface area contributed by atoms with Crippen molar-refractivity contribution >= 4 is 11.7 Å². The van der Waals surface area contributed by atoms with Crippen molar-refractivity contribution in [1.82, 2.24) is 14.7 Å². The summed E-state index contributed by atoms with van der Waals surface area (Å²) in [6, 6.07) is 10.5. The highest BCUT2D eigenvalue weighted by Gasteiger charge is 2.47. The van der Waals surface area contributed by atoms with Crippen molar-refractivity contribution in [3.05, 3.63) is 41.6 Å². The van der Waals surface area contributed by atoms with Gasteiger partial charge >= 0.3 is 0 Å². The van der Waals surface area contributed by atoms with Gasteiger partial charge in [0.25, 0.3) is 0 Å². The van der Waals surface area contributed by atoms with Gasteiger partial charge in [-0.25, -0.2) is 0 Å². The van der Waals surface area contributed by atoms with Crippen LogP contribution in [0.3, 0.4) is 0 Å². The molecule has 5 rings (SSSR count). The van der Waals surface area contributed by atoms with Crippen molar-refractivity contribution in [2.75, 3.05) is 18.4 Å². The molecular formula is C28H34N6O2. The number of terminal acetylenes is 1. The Balaban J connectivity index is 1.21. The van der Waals surface area contributed by atoms with Crippen molar-refractivity contribution in [1.29, 1.82) is 5.26 Å². The lowest BCUT2D eigenvalue weighted by Gasteiger charge is -2.53. The number of anilines is 1. The number of nitrogens with zero attached hydrogens (tertiary/aromatic N) is 4. The van der Waals surface area contributed by atoms with Gasteiger partial charge in [-0.05, 0) is 69.7 Å². The van der Waals surface area contributed by atoms with Gasteiger partial charge in [-0.15, -0.1) is 6.42 Å². The zero-order valence-corrected chi connectivity index (χ0v) is 20.9. The molecule has 36 heavy (non-hydrogen) atoms. The van der Waals surface area contributed by atoms with Crippen LogP contribution >= 0.6 is 0 Å². The second kappa shape index (κ2) is 9.61. The minimum Gasteiger partial charge on any atom is -0.485 e. The molecule has 3 aliphatic rings. The topological polar surface area (TPSA) is 109 Å². The fourth-order valence-electron chi connectivity index (χ4n) is 5.65. The smallest absolute Gasteiger partial charge is 0.228 e. The van der Waals surface area contributed by atoms with E-state index in [1.54, 1.807) is 0 Å². The molecule has 1 saturated heterocycles. The van der Waals surface area contributed by atoms with Crippen molar-refractivity contribution in [3.63, 3.8) is 0 Å². The average Bonchev–Trinajstić information content (AvgIpc) is 3.64. The number of nitriles is 1. The average molecular weight is 487 g/mol. The van der Waals surface area contributed by atoms with E-state index in [0.29, 0.717) is 24.8 Å². The van der Waals surface area contributed by atoms with Gasteiger partial charge < -0.3 is 15.8 Å². The summed E-state index contributed by atoms with van der Waals surface area (Å²) < 4.78 is 8.19. The molecule has 8 nitrogen and oxygen atoms in total. The zero-order valence-electron chi connectivity index (χ0n) is 20.9. The van der Waals surface area contributed by atoms with Gasteiger partial charge in [-0.1, -0.05) is 5.92 Å². The summed E-state index contributed by atoms with van der Waals surface area (Å²) in [5, 5.41) is 17.4. The molecule has 2 aromatic rings. The van der Waals surface area contributed by atoms with Crippen LogP contribution in [-0.2, 0) is 16.9 Å². The van der Waals surface area contributed by atoms with Gasteiger partial charge in [-0.3, -0.25) is 14.4 Å². The summed E-state index contributed by atoms with van der Waals surface area (Å²) in [6.07, 6.45) is 13.3. The highest BCUT2D eigenvalue weighted by Crippen LogP contribution is 2.42. The van der Waals surface area contributed by atoms with Gasteiger partial charge in [0, 0.05) is 48.9 Å². The molecule has 1 aliphatic heterocycles. The molecule has 0 spiro atoms. The van der Waals surface area contributed by atoms with Crippen LogP contribution in [0.25, 0.3) is 0 Å². The molecule has 188 valence electrons. The quantitative estimate of drug-likeness (QED) is 0.554. The lowest BCUT2D eigenvalue weighted by Crippen LogP contribution is -2.66. The molecular weight excluding hydrogens is 452 g/mol. The van der Waals surface area contributed by atoms with E-state index >= 15 is 0 Å². The van der Waals surface area contributed by atoms with Crippen LogP contribution in [0, 0.1) is 29.6 Å². The first-order valence-corrected chi connectivity index (χ1v) is 12.8. The van der Waals surface area contributed by atoms with E-state index < -0.39 is 0 Å². The molecule has 1 aromatic carbocycles. The number of nitrogens with two attached hydrogens (primary N) is 1. The van der Waals surface area contributed by atoms with Crippen LogP contribution in [0.2, 0.25) is 0 Å². The molecule has 1 amide bonds. The summed E-state index contributed by atoms with van der Waals surface area (Å²) in [5.41, 5.74) is 7.03. The van der Waals surface area contributed by atoms with Crippen molar-refractivity contribution in [2.24, 2.45) is 11.7 Å². The van der Waals surface area contributed by atoms with E-state index in [1.807, 2.05) is 35.1 Å². The minimum absolute atomic E-state index is 0.0167. The fraction of sp³-hybridized carbons (Fsp3) is 0.536. The fourth-order valence-corrected chi connectivity index (χ4v) is 5.65. The maximum Gasteiger partial charge on any atom is 0.228 e. The molecule has 2 heterocycles. The van der Waals surface area contributed by atoms with Crippen LogP contribution in [0.15, 0.2) is 30.5 Å². The number of hydrogen-bond acceptors (Lipinski definition) is 6. The number of amides is 1. The Labute approximate surface area is 212 Å². The van der Waals surface area contributed by atoms with Crippen LogP contribution in [0.1, 0.15) is 63.0 Å². The monoisotopic (exact) mass is 486 g/mol. The highest BCUT2D eigenvalue weighted by molar-refractivity contribution is 5.93. The molecule has 3 fully saturated rings. The van der Waals surface area contributed by atoms with Crippen LogP contribution < -0.4 is 15.8 Å². The summed E-state index contributed by atoms with van der Waals surface area (Å²) in [5.74, 6) is 4.12. The predicted octanol–water partition coefficient (Wildman–Crippen LogP) is 3.38. The number of hydrogen-bond donors (Lipinski definition) is 2. The Kier molecular flexibility index (Phi) is 6.51. The van der Waals surface area contributed by atoms with E-state index in [0.717, 1.165) is 68.5 Å². The first-order valence-electron chi connectivity index (χ1n) is 12.8. The van der Waals surface area contributed by atoms with E-state index in [9.17, 15) is 10.1 Å². The van der Waals surface area contributed by atoms with Gasteiger partial charge in [-0.2, -0.15) is 10.4 Å². The van der Waals surface area contributed by atoms with Gasteiger partial charge in [0.2, 0.25) is 5.91 Å². The first kappa shape index (κ1) is 24.4. The standard InChI is InChI=1S/C28H34N6O2/c1-3-20-4-8-24(9-5-20)36-27(2)18-33(19-27)23-10-12-28(13-11-23,14-15-29)34-17-22(16-30)25(32-34)31-26(35)21-6-7-21/h1,4-5,8-9,17,21,23H,6-7,10-14,16,18-19,30H2,2H3,(H,31,32,35). The number of carbonyl (C=O) groups excluding carboxylic acids is 1. The minimum atomic E-state index is -0.374. The molecule has 2 saturated carbocycles. The predicted molar refractivity (Wildman–Crippen MR) is 137 cm³/mol. The van der Waals surface area contributed by atoms with Crippen LogP contribution in [0.5, 0.6) is 5.75 Å². The molecule has 0 unspecified atom stereocenters. The Morgan fingerprint density at radius 3 is 2.53 bits per heavy atom. The number of rotatable bonds is 8. The van der Waals surface area contributed by atoms with E-state index in [1.165, 1.54) is 0 Å². The molecule has 0 atom stereocenters. The Hall–Kier alpha value is -3.33. The molecule has 2 aliphatic carbocycles. The third kappa shape index (κ3) is 4.84. The lowest BCUT2D eigenvalue weighted by molar-refractivity contribution is -0.117. The number of benzene rings is 1. The SMILES string of the molecule is C#Cc1ccc(OC2(C)CN(C3CCC(CC#N)(n4cc(CN)c(NC(=O)C5CC5)n4)CC3)C2)cc1. The number of nitrogens with one attached hydrogen (secondary N) is 1. The van der Waals surface area contributed by atoms with Crippen molar-refractivity contribution in [2.45, 2.75) is 75.6 Å². The van der Waals surface area contributed by atoms with Gasteiger partial charge in [0.1, 0.15) is 11.4 Å². The Morgan fingerprint density at radius 1 is 1.25 bits per heavy atom. The number of aromatic nitrogens is 2. The molecule has 0 radical (unpaired) electrons. The maximum atomic E-state index is 12.3. The Morgan fingerprint density at radius 2 is 1.94 bits per heavy atom. The van der Waals surface area contributed by atoms with Crippen LogP contribution in [0.4, 0.5) is 5.82 Å². The third-order valence-corrected chi connectivity index (χ3v) is 7.96. The van der Waals surface area contributed by atoms with Gasteiger partial charge in [0.05, 0.1) is 18.0 Å². The summed E-state index contributed by atoms with van der Waals surface area (Å²) in [7, 11) is 0. The van der Waals surface area contributed by atoms with Gasteiger partial charge in [0.15, 0.2) is 5.82 Å².